The number of aliphatic hydroxyl groups excluding tert-OH is 1. The second-order valence-electron chi connectivity index (χ2n) is 4.93. The van der Waals surface area contributed by atoms with E-state index in [2.05, 4.69) is 6.58 Å². The summed E-state index contributed by atoms with van der Waals surface area (Å²) in [6.45, 7) is 10.1. The van der Waals surface area contributed by atoms with Crippen LogP contribution in [0.2, 0.25) is 5.02 Å². The Hall–Kier alpha value is -0.990. The van der Waals surface area contributed by atoms with Gasteiger partial charge in [-0.2, -0.15) is 0 Å². The molecular weight excluding hydrogens is 236 g/mol. The van der Waals surface area contributed by atoms with Crippen molar-refractivity contribution in [2.45, 2.75) is 26.2 Å². The molecule has 0 radical (unpaired) electrons. The molecule has 0 aliphatic carbocycles. The quantitative estimate of drug-likeness (QED) is 0.814. The predicted octanol–water partition coefficient (Wildman–Crippen LogP) is 3.56. The van der Waals surface area contributed by atoms with Crippen molar-refractivity contribution in [3.05, 3.63) is 40.9 Å². The lowest BCUT2D eigenvalue weighted by Crippen LogP contribution is -2.21. The Labute approximate surface area is 108 Å². The van der Waals surface area contributed by atoms with E-state index >= 15 is 0 Å². The molecule has 0 aromatic heterocycles. The highest BCUT2D eigenvalue weighted by molar-refractivity contribution is 6.32. The molecule has 0 saturated carbocycles. The van der Waals surface area contributed by atoms with Crippen molar-refractivity contribution in [2.24, 2.45) is 0 Å². The van der Waals surface area contributed by atoms with E-state index in [4.69, 9.17) is 16.3 Å². The monoisotopic (exact) mass is 254 g/mol. The maximum atomic E-state index is 9.30. The van der Waals surface area contributed by atoms with E-state index < -0.39 is 0 Å². The van der Waals surface area contributed by atoms with Crippen LogP contribution in [0.1, 0.15) is 26.3 Å². The largest absolute Gasteiger partial charge is 0.488 e. The molecule has 0 fully saturated rings. The summed E-state index contributed by atoms with van der Waals surface area (Å²) in [5.74, 6) is 0.646. The molecule has 17 heavy (non-hydrogen) atoms. The van der Waals surface area contributed by atoms with E-state index in [0.717, 1.165) is 11.1 Å². The second kappa shape index (κ2) is 5.56. The van der Waals surface area contributed by atoms with Crippen molar-refractivity contribution in [3.8, 4) is 5.75 Å². The maximum Gasteiger partial charge on any atom is 0.138 e. The van der Waals surface area contributed by atoms with Gasteiger partial charge >= 0.3 is 0 Å². The van der Waals surface area contributed by atoms with Crippen molar-refractivity contribution >= 4 is 11.6 Å². The van der Waals surface area contributed by atoms with Crippen LogP contribution in [0.5, 0.6) is 5.75 Å². The van der Waals surface area contributed by atoms with Gasteiger partial charge in [-0.3, -0.25) is 0 Å². The third-order valence-corrected chi connectivity index (χ3v) is 2.88. The van der Waals surface area contributed by atoms with Gasteiger partial charge in [0.2, 0.25) is 0 Å². The first-order chi connectivity index (χ1) is 7.86. The summed E-state index contributed by atoms with van der Waals surface area (Å²) in [7, 11) is 0. The summed E-state index contributed by atoms with van der Waals surface area (Å²) < 4.78 is 5.51. The number of benzene rings is 1. The van der Waals surface area contributed by atoms with Gasteiger partial charge < -0.3 is 9.84 Å². The van der Waals surface area contributed by atoms with E-state index in [-0.39, 0.29) is 12.0 Å². The Kier molecular flexibility index (Phi) is 4.61. The first-order valence-corrected chi connectivity index (χ1v) is 5.92. The number of hydrogen-bond donors (Lipinski definition) is 1. The van der Waals surface area contributed by atoms with Gasteiger partial charge in [0.1, 0.15) is 12.4 Å². The molecule has 0 heterocycles. The van der Waals surface area contributed by atoms with Gasteiger partial charge in [-0.1, -0.05) is 38.1 Å². The summed E-state index contributed by atoms with van der Waals surface area (Å²) in [6, 6.07) is 5.60. The van der Waals surface area contributed by atoms with Gasteiger partial charge in [-0.05, 0) is 30.2 Å². The van der Waals surface area contributed by atoms with Gasteiger partial charge in [0.05, 0.1) is 11.6 Å². The number of rotatable bonds is 5. The molecule has 2 nitrogen and oxygen atoms in total. The zero-order chi connectivity index (χ0) is 13.1. The van der Waals surface area contributed by atoms with Crippen LogP contribution < -0.4 is 4.74 Å². The Bertz CT molecular complexity index is 411. The Morgan fingerprint density at radius 3 is 2.59 bits per heavy atom. The maximum absolute atomic E-state index is 9.30. The summed E-state index contributed by atoms with van der Waals surface area (Å²) in [4.78, 5) is 0. The van der Waals surface area contributed by atoms with Gasteiger partial charge in [-0.25, -0.2) is 0 Å². The van der Waals surface area contributed by atoms with Gasteiger partial charge in [0, 0.05) is 5.41 Å². The molecule has 1 aromatic carbocycles. The Balaban J connectivity index is 2.90. The van der Waals surface area contributed by atoms with Gasteiger partial charge in [-0.15, -0.1) is 0 Å². The van der Waals surface area contributed by atoms with Crippen LogP contribution in [0.15, 0.2) is 30.4 Å². The molecule has 0 bridgehead atoms. The Morgan fingerprint density at radius 2 is 2.12 bits per heavy atom. The van der Waals surface area contributed by atoms with Crippen LogP contribution in [-0.2, 0) is 5.41 Å². The Morgan fingerprint density at radius 1 is 1.47 bits per heavy atom. The van der Waals surface area contributed by atoms with E-state index in [0.29, 0.717) is 17.4 Å². The average Bonchev–Trinajstić information content (AvgIpc) is 2.27. The third-order valence-electron chi connectivity index (χ3n) is 2.58. The number of aliphatic hydroxyl groups is 1. The highest BCUT2D eigenvalue weighted by Crippen LogP contribution is 2.31. The van der Waals surface area contributed by atoms with E-state index in [1.807, 2.05) is 39.0 Å². The third kappa shape index (κ3) is 3.76. The number of hydrogen-bond acceptors (Lipinski definition) is 2. The highest BCUT2D eigenvalue weighted by Gasteiger charge is 2.20. The molecule has 1 N–H and O–H groups in total. The molecule has 1 rings (SSSR count). The molecule has 0 aliphatic rings. The van der Waals surface area contributed by atoms with Crippen LogP contribution in [-0.4, -0.2) is 18.3 Å². The normalized spacial score (nSPS) is 11.4. The highest BCUT2D eigenvalue weighted by atomic mass is 35.5. The molecule has 0 atom stereocenters. The predicted molar refractivity (Wildman–Crippen MR) is 71.9 cm³/mol. The zero-order valence-electron chi connectivity index (χ0n) is 10.6. The molecular formula is C14H19ClO2. The zero-order valence-corrected chi connectivity index (χ0v) is 11.3. The lowest BCUT2D eigenvalue weighted by molar-refractivity contribution is 0.218. The summed E-state index contributed by atoms with van der Waals surface area (Å²) in [5, 5.41) is 9.86. The fourth-order valence-electron chi connectivity index (χ4n) is 1.33. The summed E-state index contributed by atoms with van der Waals surface area (Å²) >= 11 is 6.14. The van der Waals surface area contributed by atoms with E-state index in [1.54, 1.807) is 0 Å². The first kappa shape index (κ1) is 14.1. The van der Waals surface area contributed by atoms with Crippen LogP contribution in [0.4, 0.5) is 0 Å². The van der Waals surface area contributed by atoms with E-state index in [9.17, 15) is 5.11 Å². The molecule has 0 saturated heterocycles. The number of ether oxygens (including phenoxy) is 1. The smallest absolute Gasteiger partial charge is 0.138 e. The van der Waals surface area contributed by atoms with E-state index in [1.165, 1.54) is 0 Å². The molecule has 3 heteroatoms. The molecule has 1 aromatic rings. The molecule has 0 aliphatic heterocycles. The van der Waals surface area contributed by atoms with Gasteiger partial charge in [0.15, 0.2) is 0 Å². The minimum absolute atomic E-state index is 0.0787. The van der Waals surface area contributed by atoms with Crippen molar-refractivity contribution in [2.75, 3.05) is 13.2 Å². The standard InChI is InChI=1S/C14H19ClO2/c1-10(2)8-17-13-6-5-11(7-12(13)15)14(3,4)9-16/h5-7,16H,1,8-9H2,2-4H3. The number of halogens is 1. The molecule has 0 spiro atoms. The summed E-state index contributed by atoms with van der Waals surface area (Å²) in [6.07, 6.45) is 0. The molecule has 94 valence electrons. The van der Waals surface area contributed by atoms with Crippen molar-refractivity contribution in [3.63, 3.8) is 0 Å². The lowest BCUT2D eigenvalue weighted by atomic mass is 9.86. The molecule has 0 unspecified atom stereocenters. The second-order valence-corrected chi connectivity index (χ2v) is 5.34. The van der Waals surface area contributed by atoms with Crippen LogP contribution >= 0.6 is 11.6 Å². The van der Waals surface area contributed by atoms with Crippen LogP contribution in [0, 0.1) is 0 Å². The molecule has 0 amide bonds. The van der Waals surface area contributed by atoms with Gasteiger partial charge in [0.25, 0.3) is 0 Å². The first-order valence-electron chi connectivity index (χ1n) is 5.55. The minimum Gasteiger partial charge on any atom is -0.488 e. The minimum atomic E-state index is -0.295. The van der Waals surface area contributed by atoms with Crippen LogP contribution in [0.25, 0.3) is 0 Å². The van der Waals surface area contributed by atoms with Crippen LogP contribution in [0.3, 0.4) is 0 Å². The van der Waals surface area contributed by atoms with Crippen molar-refractivity contribution in [1.82, 2.24) is 0 Å². The lowest BCUT2D eigenvalue weighted by Gasteiger charge is -2.23. The fourth-order valence-corrected chi connectivity index (χ4v) is 1.57. The van der Waals surface area contributed by atoms with Crippen molar-refractivity contribution < 1.29 is 9.84 Å². The summed E-state index contributed by atoms with van der Waals surface area (Å²) in [5.41, 5.74) is 1.64. The fraction of sp³-hybridized carbons (Fsp3) is 0.429. The average molecular weight is 255 g/mol. The topological polar surface area (TPSA) is 29.5 Å². The SMILES string of the molecule is C=C(C)COc1ccc(C(C)(C)CO)cc1Cl. The van der Waals surface area contributed by atoms with Crippen molar-refractivity contribution in [1.29, 1.82) is 0 Å².